The molecule has 0 atom stereocenters. The van der Waals surface area contributed by atoms with E-state index in [1.807, 2.05) is 44.8 Å². The van der Waals surface area contributed by atoms with E-state index in [9.17, 15) is 4.79 Å². The molecule has 0 N–H and O–H groups in total. The second-order valence-corrected chi connectivity index (χ2v) is 8.00. The number of amides is 1. The third-order valence-corrected chi connectivity index (χ3v) is 4.20. The highest BCUT2D eigenvalue weighted by molar-refractivity contribution is 5.87. The SMILES string of the molecule is CC(C)c1ccc(OC2CN(C(=O)OC(C)(C)C)C2)c2nn(C)cc12. The predicted molar refractivity (Wildman–Crippen MR) is 97.0 cm³/mol. The second-order valence-electron chi connectivity index (χ2n) is 8.00. The van der Waals surface area contributed by atoms with Crippen molar-refractivity contribution in [2.24, 2.45) is 7.05 Å². The molecular formula is C19H27N3O3. The fraction of sp³-hybridized carbons (Fsp3) is 0.579. The number of rotatable bonds is 3. The summed E-state index contributed by atoms with van der Waals surface area (Å²) in [6, 6.07) is 4.09. The van der Waals surface area contributed by atoms with E-state index < -0.39 is 5.60 Å². The molecule has 136 valence electrons. The van der Waals surface area contributed by atoms with E-state index in [-0.39, 0.29) is 12.2 Å². The Morgan fingerprint density at radius 1 is 1.28 bits per heavy atom. The van der Waals surface area contributed by atoms with Crippen molar-refractivity contribution >= 4 is 17.0 Å². The molecule has 6 heteroatoms. The molecule has 0 bridgehead atoms. The zero-order valence-corrected chi connectivity index (χ0v) is 15.9. The second kappa shape index (κ2) is 6.24. The van der Waals surface area contributed by atoms with E-state index in [1.54, 1.807) is 4.90 Å². The average molecular weight is 345 g/mol. The number of ether oxygens (including phenoxy) is 2. The van der Waals surface area contributed by atoms with Crippen LogP contribution in [0.2, 0.25) is 0 Å². The molecule has 0 unspecified atom stereocenters. The molecule has 2 aromatic rings. The van der Waals surface area contributed by atoms with Gasteiger partial charge in [0.05, 0.1) is 13.1 Å². The molecule has 1 aliphatic heterocycles. The molecule has 0 aliphatic carbocycles. The highest BCUT2D eigenvalue weighted by Gasteiger charge is 2.35. The molecule has 1 fully saturated rings. The van der Waals surface area contributed by atoms with Crippen LogP contribution in [0.1, 0.15) is 46.1 Å². The third-order valence-electron chi connectivity index (χ3n) is 4.20. The highest BCUT2D eigenvalue weighted by Crippen LogP contribution is 2.32. The van der Waals surface area contributed by atoms with Crippen molar-refractivity contribution in [3.8, 4) is 5.75 Å². The summed E-state index contributed by atoms with van der Waals surface area (Å²) in [6.45, 7) is 11.0. The van der Waals surface area contributed by atoms with Crippen LogP contribution in [0.3, 0.4) is 0 Å². The lowest BCUT2D eigenvalue weighted by Gasteiger charge is -2.39. The lowest BCUT2D eigenvalue weighted by molar-refractivity contribution is -0.0218. The lowest BCUT2D eigenvalue weighted by atomic mass is 9.99. The molecule has 0 spiro atoms. The number of hydrogen-bond acceptors (Lipinski definition) is 4. The zero-order chi connectivity index (χ0) is 18.4. The number of aromatic nitrogens is 2. The largest absolute Gasteiger partial charge is 0.484 e. The molecule has 25 heavy (non-hydrogen) atoms. The fourth-order valence-corrected chi connectivity index (χ4v) is 2.98. The quantitative estimate of drug-likeness (QED) is 0.851. The van der Waals surface area contributed by atoms with Crippen LogP contribution in [-0.4, -0.2) is 45.6 Å². The first-order chi connectivity index (χ1) is 11.6. The fourth-order valence-electron chi connectivity index (χ4n) is 2.98. The van der Waals surface area contributed by atoms with Crippen LogP contribution in [0.15, 0.2) is 18.3 Å². The maximum absolute atomic E-state index is 12.0. The number of carbonyl (C=O) groups excluding carboxylic acids is 1. The molecule has 1 amide bonds. The molecular weight excluding hydrogens is 318 g/mol. The molecule has 2 heterocycles. The predicted octanol–water partition coefficient (Wildman–Crippen LogP) is 3.69. The summed E-state index contributed by atoms with van der Waals surface area (Å²) >= 11 is 0. The molecule has 0 radical (unpaired) electrons. The maximum Gasteiger partial charge on any atom is 0.410 e. The summed E-state index contributed by atoms with van der Waals surface area (Å²) < 4.78 is 13.3. The number of nitrogens with zero attached hydrogens (tertiary/aromatic N) is 3. The Morgan fingerprint density at radius 2 is 1.96 bits per heavy atom. The Labute approximate surface area is 148 Å². The van der Waals surface area contributed by atoms with Crippen LogP contribution in [0.4, 0.5) is 4.79 Å². The van der Waals surface area contributed by atoms with Gasteiger partial charge in [-0.15, -0.1) is 0 Å². The molecule has 1 aromatic carbocycles. The minimum atomic E-state index is -0.476. The van der Waals surface area contributed by atoms with Crippen LogP contribution in [0, 0.1) is 0 Å². The summed E-state index contributed by atoms with van der Waals surface area (Å²) in [5.74, 6) is 1.20. The first kappa shape index (κ1) is 17.6. The molecule has 1 aliphatic rings. The van der Waals surface area contributed by atoms with E-state index >= 15 is 0 Å². The van der Waals surface area contributed by atoms with Crippen LogP contribution in [-0.2, 0) is 11.8 Å². The Hall–Kier alpha value is -2.24. The first-order valence-corrected chi connectivity index (χ1v) is 8.75. The van der Waals surface area contributed by atoms with E-state index in [0.29, 0.717) is 19.0 Å². The van der Waals surface area contributed by atoms with Gasteiger partial charge in [-0.2, -0.15) is 5.10 Å². The number of aryl methyl sites for hydroxylation is 1. The number of carbonyl (C=O) groups is 1. The van der Waals surface area contributed by atoms with Crippen LogP contribution in [0.5, 0.6) is 5.75 Å². The zero-order valence-electron chi connectivity index (χ0n) is 15.9. The Bertz CT molecular complexity index is 783. The van der Waals surface area contributed by atoms with Gasteiger partial charge in [-0.25, -0.2) is 4.79 Å². The third kappa shape index (κ3) is 3.72. The highest BCUT2D eigenvalue weighted by atomic mass is 16.6. The molecule has 1 saturated heterocycles. The molecule has 0 saturated carbocycles. The molecule has 1 aromatic heterocycles. The Kier molecular flexibility index (Phi) is 4.39. The van der Waals surface area contributed by atoms with Gasteiger partial charge < -0.3 is 14.4 Å². The van der Waals surface area contributed by atoms with E-state index in [1.165, 1.54) is 5.56 Å². The average Bonchev–Trinajstić information content (AvgIpc) is 2.81. The van der Waals surface area contributed by atoms with Gasteiger partial charge in [-0.1, -0.05) is 19.9 Å². The van der Waals surface area contributed by atoms with Gasteiger partial charge in [-0.05, 0) is 38.3 Å². The summed E-state index contributed by atoms with van der Waals surface area (Å²) in [5, 5.41) is 5.68. The van der Waals surface area contributed by atoms with Crippen molar-refractivity contribution in [1.82, 2.24) is 14.7 Å². The topological polar surface area (TPSA) is 56.6 Å². The lowest BCUT2D eigenvalue weighted by Crippen LogP contribution is -2.57. The van der Waals surface area contributed by atoms with Gasteiger partial charge in [0.15, 0.2) is 0 Å². The Balaban J connectivity index is 1.69. The Morgan fingerprint density at radius 3 is 2.56 bits per heavy atom. The standard InChI is InChI=1S/C19H27N3O3/c1-12(2)14-7-8-16(17-15(14)11-21(6)20-17)24-13-9-22(10-13)18(23)25-19(3,4)5/h7-8,11-13H,9-10H2,1-6H3. The monoisotopic (exact) mass is 345 g/mol. The number of likely N-dealkylation sites (tertiary alicyclic amines) is 1. The van der Waals surface area contributed by atoms with Crippen LogP contribution >= 0.6 is 0 Å². The smallest absolute Gasteiger partial charge is 0.410 e. The van der Waals surface area contributed by atoms with Crippen molar-refractivity contribution in [1.29, 1.82) is 0 Å². The maximum atomic E-state index is 12.0. The van der Waals surface area contributed by atoms with E-state index in [4.69, 9.17) is 9.47 Å². The van der Waals surface area contributed by atoms with Gasteiger partial charge in [-0.3, -0.25) is 4.68 Å². The number of hydrogen-bond donors (Lipinski definition) is 0. The van der Waals surface area contributed by atoms with Crippen molar-refractivity contribution in [3.05, 3.63) is 23.9 Å². The van der Waals surface area contributed by atoms with E-state index in [2.05, 4.69) is 25.0 Å². The van der Waals surface area contributed by atoms with Crippen molar-refractivity contribution in [3.63, 3.8) is 0 Å². The minimum absolute atomic E-state index is 0.0253. The normalized spacial score (nSPS) is 15.6. The summed E-state index contributed by atoms with van der Waals surface area (Å²) in [4.78, 5) is 13.7. The van der Waals surface area contributed by atoms with Crippen molar-refractivity contribution in [2.45, 2.75) is 52.2 Å². The summed E-state index contributed by atoms with van der Waals surface area (Å²) in [7, 11) is 1.92. The van der Waals surface area contributed by atoms with Crippen molar-refractivity contribution in [2.75, 3.05) is 13.1 Å². The molecule has 3 rings (SSSR count). The van der Waals surface area contributed by atoms with Gasteiger partial charge in [0.25, 0.3) is 0 Å². The number of fused-ring (bicyclic) bond motifs is 1. The summed E-state index contributed by atoms with van der Waals surface area (Å²) in [5.41, 5.74) is 1.67. The van der Waals surface area contributed by atoms with Gasteiger partial charge in [0.2, 0.25) is 0 Å². The summed E-state index contributed by atoms with van der Waals surface area (Å²) in [6.07, 6.45) is 1.72. The number of benzene rings is 1. The van der Waals surface area contributed by atoms with Gasteiger partial charge in [0.1, 0.15) is 23.0 Å². The van der Waals surface area contributed by atoms with Crippen molar-refractivity contribution < 1.29 is 14.3 Å². The van der Waals surface area contributed by atoms with Gasteiger partial charge >= 0.3 is 6.09 Å². The first-order valence-electron chi connectivity index (χ1n) is 8.75. The molecule has 6 nitrogen and oxygen atoms in total. The minimum Gasteiger partial charge on any atom is -0.484 e. The van der Waals surface area contributed by atoms with Crippen LogP contribution < -0.4 is 4.74 Å². The van der Waals surface area contributed by atoms with Gasteiger partial charge in [0, 0.05) is 18.6 Å². The van der Waals surface area contributed by atoms with E-state index in [0.717, 1.165) is 16.7 Å². The van der Waals surface area contributed by atoms with Crippen LogP contribution in [0.25, 0.3) is 10.9 Å².